The largest absolute Gasteiger partial charge is 0.394 e. The Labute approximate surface area is 85.2 Å². The maximum absolute atomic E-state index is 12.1. The first kappa shape index (κ1) is 11.6. The van der Waals surface area contributed by atoms with Gasteiger partial charge in [-0.15, -0.1) is 0 Å². The zero-order chi connectivity index (χ0) is 11.5. The molecule has 0 saturated heterocycles. The van der Waals surface area contributed by atoms with Crippen LogP contribution in [0.5, 0.6) is 0 Å². The molecule has 1 N–H and O–H groups in total. The molecule has 1 rings (SSSR count). The van der Waals surface area contributed by atoms with E-state index in [9.17, 15) is 18.0 Å². The number of alkyl halides is 3. The first-order valence-corrected chi connectivity index (χ1v) is 4.37. The van der Waals surface area contributed by atoms with Crippen LogP contribution in [0.15, 0.2) is 24.6 Å². The number of carbonyl (C=O) groups excluding carboxylic acids is 1. The Morgan fingerprint density at radius 1 is 1.60 bits per heavy atom. The van der Waals surface area contributed by atoms with E-state index in [1.165, 1.54) is 23.5 Å². The van der Waals surface area contributed by atoms with E-state index >= 15 is 0 Å². The van der Waals surface area contributed by atoms with E-state index in [4.69, 9.17) is 0 Å². The molecule has 0 spiro atoms. The maximum atomic E-state index is 12.1. The van der Waals surface area contributed by atoms with Gasteiger partial charge in [-0.05, 0) is 0 Å². The Hall–Kier alpha value is -1.46. The lowest BCUT2D eigenvalue weighted by Gasteiger charge is -2.22. The molecular weight excluding hydrogens is 209 g/mol. The van der Waals surface area contributed by atoms with Crippen LogP contribution in [-0.2, 0) is 4.79 Å². The number of hydrogen-bond donors (Lipinski definition) is 1. The summed E-state index contributed by atoms with van der Waals surface area (Å²) in [5.74, 6) is -1.68. The Balaban J connectivity index is 2.51. The van der Waals surface area contributed by atoms with Crippen LogP contribution in [0.25, 0.3) is 0 Å². The van der Waals surface area contributed by atoms with Gasteiger partial charge in [0, 0.05) is 18.5 Å². The number of nitrogens with zero attached hydrogens (tertiary/aromatic N) is 1. The number of hydrogen-bond acceptors (Lipinski definition) is 3. The summed E-state index contributed by atoms with van der Waals surface area (Å²) in [6.45, 7) is 1.09. The maximum Gasteiger partial charge on any atom is 0.394 e. The van der Waals surface area contributed by atoms with Crippen LogP contribution in [-0.4, -0.2) is 23.5 Å². The molecule has 1 aliphatic rings. The SMILES string of the molecule is CC(/C=C/N1CC(=O)C=CN1)C(F)(F)F. The highest BCUT2D eigenvalue weighted by molar-refractivity contribution is 5.91. The Morgan fingerprint density at radius 2 is 2.27 bits per heavy atom. The predicted octanol–water partition coefficient (Wildman–Crippen LogP) is 1.60. The lowest BCUT2D eigenvalue weighted by Crippen LogP contribution is -2.37. The van der Waals surface area contributed by atoms with Crippen LogP contribution in [0.3, 0.4) is 0 Å². The molecule has 1 atom stereocenters. The minimum Gasteiger partial charge on any atom is -0.306 e. The van der Waals surface area contributed by atoms with Gasteiger partial charge in [-0.1, -0.05) is 13.0 Å². The standard InChI is InChI=1S/C9H11F3N2O/c1-7(9(10,11)12)3-5-14-6-8(15)2-4-13-14/h2-5,7,13H,6H2,1H3/b5-3+. The number of nitrogens with one attached hydrogen (secondary N) is 1. The van der Waals surface area contributed by atoms with Crippen molar-refractivity contribution in [3.63, 3.8) is 0 Å². The van der Waals surface area contributed by atoms with Gasteiger partial charge in [-0.2, -0.15) is 13.2 Å². The second-order valence-corrected chi connectivity index (χ2v) is 3.23. The van der Waals surface area contributed by atoms with Crippen LogP contribution in [0.4, 0.5) is 13.2 Å². The van der Waals surface area contributed by atoms with E-state index in [1.54, 1.807) is 0 Å². The fraction of sp³-hybridized carbons (Fsp3) is 0.444. The van der Waals surface area contributed by atoms with Gasteiger partial charge in [0.1, 0.15) is 6.54 Å². The minimum absolute atomic E-state index is 0.0393. The summed E-state index contributed by atoms with van der Waals surface area (Å²) in [6.07, 6.45) is 0.692. The number of halogens is 3. The monoisotopic (exact) mass is 220 g/mol. The minimum atomic E-state index is -4.24. The van der Waals surface area contributed by atoms with Crippen molar-refractivity contribution in [3.05, 3.63) is 24.6 Å². The third-order valence-corrected chi connectivity index (χ3v) is 1.91. The molecule has 84 valence electrons. The van der Waals surface area contributed by atoms with Crippen molar-refractivity contribution in [2.45, 2.75) is 13.1 Å². The van der Waals surface area contributed by atoms with Crippen LogP contribution in [0, 0.1) is 5.92 Å². The zero-order valence-corrected chi connectivity index (χ0v) is 8.08. The normalized spacial score (nSPS) is 19.5. The third-order valence-electron chi connectivity index (χ3n) is 1.91. The zero-order valence-electron chi connectivity index (χ0n) is 8.08. The van der Waals surface area contributed by atoms with Crippen LogP contribution in [0.2, 0.25) is 0 Å². The summed E-state index contributed by atoms with van der Waals surface area (Å²) < 4.78 is 36.3. The van der Waals surface area contributed by atoms with Crippen molar-refractivity contribution >= 4 is 5.78 Å². The summed E-state index contributed by atoms with van der Waals surface area (Å²) in [6, 6.07) is 0. The fourth-order valence-electron chi connectivity index (χ4n) is 0.930. The molecule has 0 aromatic carbocycles. The quantitative estimate of drug-likeness (QED) is 0.767. The summed E-state index contributed by atoms with van der Waals surface area (Å²) in [4.78, 5) is 10.9. The van der Waals surface area contributed by atoms with E-state index in [0.29, 0.717) is 0 Å². The molecule has 1 aliphatic heterocycles. The average Bonchev–Trinajstić information content (AvgIpc) is 2.12. The fourth-order valence-corrected chi connectivity index (χ4v) is 0.930. The van der Waals surface area contributed by atoms with E-state index < -0.39 is 12.1 Å². The summed E-state index contributed by atoms with van der Waals surface area (Å²) >= 11 is 0. The van der Waals surface area contributed by atoms with Crippen molar-refractivity contribution in [2.75, 3.05) is 6.54 Å². The molecule has 1 heterocycles. The molecular formula is C9H11F3N2O. The van der Waals surface area contributed by atoms with E-state index in [2.05, 4.69) is 5.43 Å². The van der Waals surface area contributed by atoms with Crippen molar-refractivity contribution in [1.82, 2.24) is 10.4 Å². The van der Waals surface area contributed by atoms with Gasteiger partial charge in [0.15, 0.2) is 5.78 Å². The molecule has 15 heavy (non-hydrogen) atoms. The summed E-state index contributed by atoms with van der Waals surface area (Å²) in [5, 5.41) is 1.30. The van der Waals surface area contributed by atoms with Crippen molar-refractivity contribution in [1.29, 1.82) is 0 Å². The van der Waals surface area contributed by atoms with Crippen molar-refractivity contribution < 1.29 is 18.0 Å². The second kappa shape index (κ2) is 4.37. The van der Waals surface area contributed by atoms with E-state index in [0.717, 1.165) is 13.0 Å². The third kappa shape index (κ3) is 3.65. The Morgan fingerprint density at radius 3 is 2.80 bits per heavy atom. The van der Waals surface area contributed by atoms with Gasteiger partial charge in [0.2, 0.25) is 0 Å². The molecule has 0 aromatic rings. The van der Waals surface area contributed by atoms with Gasteiger partial charge >= 0.3 is 6.18 Å². The molecule has 6 heteroatoms. The van der Waals surface area contributed by atoms with Crippen molar-refractivity contribution in [3.8, 4) is 0 Å². The second-order valence-electron chi connectivity index (χ2n) is 3.23. The number of ketones is 1. The number of allylic oxidation sites excluding steroid dienone is 1. The number of rotatable bonds is 2. The molecule has 3 nitrogen and oxygen atoms in total. The highest BCUT2D eigenvalue weighted by Gasteiger charge is 2.33. The topological polar surface area (TPSA) is 32.3 Å². The van der Waals surface area contributed by atoms with Crippen LogP contribution < -0.4 is 5.43 Å². The Kier molecular flexibility index (Phi) is 3.39. The summed E-state index contributed by atoms with van der Waals surface area (Å²) in [7, 11) is 0. The average molecular weight is 220 g/mol. The van der Waals surface area contributed by atoms with Gasteiger partial charge in [0.25, 0.3) is 0 Å². The molecule has 0 aliphatic carbocycles. The lowest BCUT2D eigenvalue weighted by atomic mass is 10.2. The highest BCUT2D eigenvalue weighted by Crippen LogP contribution is 2.26. The van der Waals surface area contributed by atoms with Crippen LogP contribution in [0.1, 0.15) is 6.92 Å². The van der Waals surface area contributed by atoms with Crippen LogP contribution >= 0.6 is 0 Å². The molecule has 0 amide bonds. The van der Waals surface area contributed by atoms with Gasteiger partial charge in [0.05, 0.1) is 5.92 Å². The number of carbonyl (C=O) groups is 1. The molecule has 0 saturated carbocycles. The highest BCUT2D eigenvalue weighted by atomic mass is 19.4. The molecule has 0 aromatic heterocycles. The summed E-state index contributed by atoms with van der Waals surface area (Å²) in [5.41, 5.74) is 2.63. The van der Waals surface area contributed by atoms with Gasteiger partial charge in [-0.3, -0.25) is 9.80 Å². The van der Waals surface area contributed by atoms with E-state index in [-0.39, 0.29) is 12.3 Å². The Bertz CT molecular complexity index is 296. The molecule has 0 fully saturated rings. The molecule has 0 radical (unpaired) electrons. The number of hydrazine groups is 1. The van der Waals surface area contributed by atoms with E-state index in [1.807, 2.05) is 0 Å². The van der Waals surface area contributed by atoms with Gasteiger partial charge in [-0.25, -0.2) is 0 Å². The smallest absolute Gasteiger partial charge is 0.306 e. The predicted molar refractivity (Wildman–Crippen MR) is 48.3 cm³/mol. The first-order chi connectivity index (χ1) is 6.89. The molecule has 1 unspecified atom stereocenters. The van der Waals surface area contributed by atoms with Crippen molar-refractivity contribution in [2.24, 2.45) is 5.92 Å². The molecule has 0 bridgehead atoms. The first-order valence-electron chi connectivity index (χ1n) is 4.37. The lowest BCUT2D eigenvalue weighted by molar-refractivity contribution is -0.156. The van der Waals surface area contributed by atoms with Gasteiger partial charge < -0.3 is 5.43 Å².